The lowest BCUT2D eigenvalue weighted by atomic mass is 9.96. The van der Waals surface area contributed by atoms with Crippen molar-refractivity contribution in [2.75, 3.05) is 0 Å². The largest absolute Gasteiger partial charge is 0.416 e. The van der Waals surface area contributed by atoms with Gasteiger partial charge < -0.3 is 9.13 Å². The van der Waals surface area contributed by atoms with Crippen molar-refractivity contribution >= 4 is 43.6 Å². The molecular weight excluding hydrogens is 874 g/mol. The Labute approximate surface area is 399 Å². The SMILES string of the molecule is N#Cc1cc(-c2cc(-n3c4ccccc4c4ccc(-c5cccc(-c6ccccc6)n5)cc43)c(C#N)c(-n3c4ccccc4c4ccc(-c5cccc(-c6ccccc6)n5)cc43)c2)cc(C(F)(F)F)c1. The zero-order valence-electron chi connectivity index (χ0n) is 37.0. The summed E-state index contributed by atoms with van der Waals surface area (Å²) < 4.78 is 48.0. The molecule has 0 atom stereocenters. The number of aromatic nitrogens is 4. The number of fused-ring (bicyclic) bond motifs is 6. The number of alkyl halides is 3. The van der Waals surface area contributed by atoms with Crippen LogP contribution >= 0.6 is 0 Å². The Bertz CT molecular complexity index is 3920. The van der Waals surface area contributed by atoms with Gasteiger partial charge in [-0.15, -0.1) is 0 Å². The summed E-state index contributed by atoms with van der Waals surface area (Å²) in [5, 5.41) is 25.4. The Morgan fingerprint density at radius 3 is 1.24 bits per heavy atom. The minimum absolute atomic E-state index is 0.143. The van der Waals surface area contributed by atoms with E-state index in [-0.39, 0.29) is 16.7 Å². The van der Waals surface area contributed by atoms with E-state index in [9.17, 15) is 23.7 Å². The van der Waals surface area contributed by atoms with Gasteiger partial charge in [0.1, 0.15) is 11.6 Å². The number of nitriles is 2. The third kappa shape index (κ3) is 7.13. The van der Waals surface area contributed by atoms with E-state index in [1.165, 1.54) is 6.07 Å². The van der Waals surface area contributed by atoms with Crippen molar-refractivity contribution in [2.24, 2.45) is 0 Å². The average Bonchev–Trinajstić information content (AvgIpc) is 3.92. The molecule has 9 heteroatoms. The number of hydrogen-bond donors (Lipinski definition) is 0. The highest BCUT2D eigenvalue weighted by Crippen LogP contribution is 2.43. The lowest BCUT2D eigenvalue weighted by Crippen LogP contribution is -2.07. The highest BCUT2D eigenvalue weighted by molar-refractivity contribution is 6.12. The monoisotopic (exact) mass is 908 g/mol. The molecule has 0 spiro atoms. The summed E-state index contributed by atoms with van der Waals surface area (Å²) in [6.45, 7) is 0. The van der Waals surface area contributed by atoms with Crippen molar-refractivity contribution in [2.45, 2.75) is 6.18 Å². The molecule has 0 radical (unpaired) electrons. The molecule has 0 bridgehead atoms. The van der Waals surface area contributed by atoms with Crippen molar-refractivity contribution in [1.82, 2.24) is 19.1 Å². The van der Waals surface area contributed by atoms with Gasteiger partial charge in [-0.1, -0.05) is 133 Å². The Kier molecular flexibility index (Phi) is 9.94. The number of benzene rings is 8. The third-order valence-electron chi connectivity index (χ3n) is 13.0. The molecule has 0 N–H and O–H groups in total. The van der Waals surface area contributed by atoms with Crippen LogP contribution in [0.5, 0.6) is 0 Å². The van der Waals surface area contributed by atoms with Gasteiger partial charge in [0.05, 0.1) is 73.4 Å². The van der Waals surface area contributed by atoms with Gasteiger partial charge in [-0.25, -0.2) is 9.97 Å². The van der Waals surface area contributed by atoms with Crippen LogP contribution in [0.1, 0.15) is 16.7 Å². The van der Waals surface area contributed by atoms with Gasteiger partial charge in [0, 0.05) is 43.8 Å². The first-order valence-electron chi connectivity index (χ1n) is 22.6. The predicted molar refractivity (Wildman–Crippen MR) is 272 cm³/mol. The number of para-hydroxylation sites is 2. The minimum Gasteiger partial charge on any atom is -0.308 e. The van der Waals surface area contributed by atoms with Crippen molar-refractivity contribution in [1.29, 1.82) is 10.5 Å². The molecule has 0 aliphatic rings. The maximum absolute atomic E-state index is 14.6. The fraction of sp³-hybridized carbons (Fsp3) is 0.0164. The van der Waals surface area contributed by atoms with E-state index >= 15 is 0 Å². The van der Waals surface area contributed by atoms with Crippen LogP contribution in [0.15, 0.2) is 212 Å². The summed E-state index contributed by atoms with van der Waals surface area (Å²) in [4.78, 5) is 10.2. The van der Waals surface area contributed by atoms with Crippen molar-refractivity contribution < 1.29 is 13.2 Å². The summed E-state index contributed by atoms with van der Waals surface area (Å²) in [7, 11) is 0. The predicted octanol–water partition coefficient (Wildman–Crippen LogP) is 15.8. The first-order chi connectivity index (χ1) is 34.2. The zero-order valence-corrected chi connectivity index (χ0v) is 37.0. The highest BCUT2D eigenvalue weighted by Gasteiger charge is 2.32. The molecule has 0 saturated carbocycles. The summed E-state index contributed by atoms with van der Waals surface area (Å²) in [6, 6.07) is 71.3. The fourth-order valence-electron chi connectivity index (χ4n) is 9.78. The number of hydrogen-bond acceptors (Lipinski definition) is 4. The first kappa shape index (κ1) is 41.8. The second-order valence-electron chi connectivity index (χ2n) is 17.1. The Morgan fingerprint density at radius 1 is 0.357 bits per heavy atom. The van der Waals surface area contributed by atoms with Crippen LogP contribution in [0, 0.1) is 22.7 Å². The molecule has 4 heterocycles. The lowest BCUT2D eigenvalue weighted by molar-refractivity contribution is -0.137. The van der Waals surface area contributed by atoms with Crippen molar-refractivity contribution in [3.05, 3.63) is 229 Å². The molecule has 70 heavy (non-hydrogen) atoms. The van der Waals surface area contributed by atoms with E-state index in [4.69, 9.17) is 9.97 Å². The van der Waals surface area contributed by atoms with E-state index in [0.717, 1.165) is 101 Å². The fourth-order valence-corrected chi connectivity index (χ4v) is 9.78. The van der Waals surface area contributed by atoms with E-state index in [0.29, 0.717) is 16.9 Å². The second-order valence-corrected chi connectivity index (χ2v) is 17.1. The van der Waals surface area contributed by atoms with Crippen LogP contribution in [-0.4, -0.2) is 19.1 Å². The summed E-state index contributed by atoms with van der Waals surface area (Å²) in [6.07, 6.45) is -4.73. The van der Waals surface area contributed by atoms with Gasteiger partial charge >= 0.3 is 6.18 Å². The molecule has 330 valence electrons. The summed E-state index contributed by atoms with van der Waals surface area (Å²) in [5.41, 5.74) is 10.5. The Balaban J connectivity index is 1.16. The zero-order chi connectivity index (χ0) is 47.5. The van der Waals surface area contributed by atoms with Gasteiger partial charge in [0.2, 0.25) is 0 Å². The summed E-state index contributed by atoms with van der Waals surface area (Å²) >= 11 is 0. The maximum atomic E-state index is 14.6. The van der Waals surface area contributed by atoms with Gasteiger partial charge in [-0.2, -0.15) is 23.7 Å². The van der Waals surface area contributed by atoms with Crippen LogP contribution in [0.2, 0.25) is 0 Å². The molecule has 8 aromatic carbocycles. The number of nitrogens with zero attached hydrogens (tertiary/aromatic N) is 6. The molecule has 12 aromatic rings. The highest BCUT2D eigenvalue weighted by atomic mass is 19.4. The number of pyridine rings is 2. The average molecular weight is 909 g/mol. The standard InChI is InChI=1S/C61H35F3N6/c62-61(63,64)45-30-38(36-65)29-43(31-45)44-34-59(69-55-23-9-7-17-46(55)48-27-25-41(32-57(48)69)53-21-11-19-51(67-53)39-13-3-1-4-14-39)50(37-66)60(35-44)70-56-24-10-8-18-47(56)49-28-26-42(33-58(49)70)54-22-12-20-52(68-54)40-15-5-2-6-16-40/h1-35H. The molecule has 0 aliphatic carbocycles. The molecule has 0 unspecified atom stereocenters. The van der Waals surface area contributed by atoms with Crippen LogP contribution in [0.25, 0.3) is 111 Å². The quantitative estimate of drug-likeness (QED) is 0.159. The Hall–Kier alpha value is -9.57. The lowest BCUT2D eigenvalue weighted by Gasteiger charge is -2.19. The topological polar surface area (TPSA) is 83.2 Å². The van der Waals surface area contributed by atoms with Crippen molar-refractivity contribution in [3.8, 4) is 79.7 Å². The minimum atomic E-state index is -4.73. The molecule has 0 amide bonds. The van der Waals surface area contributed by atoms with Gasteiger partial charge in [0.15, 0.2) is 0 Å². The number of rotatable bonds is 7. The maximum Gasteiger partial charge on any atom is 0.416 e. The molecular formula is C61H35F3N6. The Morgan fingerprint density at radius 2 is 0.786 bits per heavy atom. The first-order valence-corrected chi connectivity index (χ1v) is 22.6. The van der Waals surface area contributed by atoms with Crippen LogP contribution in [-0.2, 0) is 6.18 Å². The van der Waals surface area contributed by atoms with Gasteiger partial charge in [-0.05, 0) is 90.0 Å². The van der Waals surface area contributed by atoms with Crippen molar-refractivity contribution in [3.63, 3.8) is 0 Å². The molecule has 0 fully saturated rings. The smallest absolute Gasteiger partial charge is 0.308 e. The second kappa shape index (κ2) is 16.6. The number of halogens is 3. The molecule has 12 rings (SSSR count). The molecule has 0 aliphatic heterocycles. The van der Waals surface area contributed by atoms with E-state index < -0.39 is 11.7 Å². The van der Waals surface area contributed by atoms with Crippen LogP contribution in [0.4, 0.5) is 13.2 Å². The van der Waals surface area contributed by atoms with Crippen LogP contribution < -0.4 is 0 Å². The van der Waals surface area contributed by atoms with E-state index in [1.807, 2.05) is 173 Å². The van der Waals surface area contributed by atoms with Crippen LogP contribution in [0.3, 0.4) is 0 Å². The third-order valence-corrected chi connectivity index (χ3v) is 13.0. The molecule has 6 nitrogen and oxygen atoms in total. The van der Waals surface area contributed by atoms with E-state index in [1.54, 1.807) is 12.1 Å². The molecule has 4 aromatic heterocycles. The molecule has 0 saturated heterocycles. The van der Waals surface area contributed by atoms with Gasteiger partial charge in [-0.3, -0.25) is 0 Å². The normalized spacial score (nSPS) is 11.6. The van der Waals surface area contributed by atoms with E-state index in [2.05, 4.69) is 30.3 Å². The van der Waals surface area contributed by atoms with Gasteiger partial charge in [0.25, 0.3) is 0 Å². The summed E-state index contributed by atoms with van der Waals surface area (Å²) in [5.74, 6) is 0.